The van der Waals surface area contributed by atoms with Crippen LogP contribution in [0.15, 0.2) is 42.5 Å². The number of anilines is 1. The molecule has 0 saturated carbocycles. The molecule has 1 fully saturated rings. The Labute approximate surface area is 159 Å². The molecule has 3 rings (SSSR count). The SMILES string of the molecule is CS(=O)(=O)N1CCN(C(=O)CCC(=O)Nc2cccc3ccccc23)CC1. The molecular weight excluding hydrogens is 366 g/mol. The van der Waals surface area contributed by atoms with E-state index >= 15 is 0 Å². The molecule has 7 nitrogen and oxygen atoms in total. The minimum atomic E-state index is -3.22. The Bertz CT molecular complexity index is 945. The first-order chi connectivity index (χ1) is 12.8. The molecule has 1 aliphatic heterocycles. The van der Waals surface area contributed by atoms with E-state index in [0.717, 1.165) is 16.5 Å². The number of sulfonamides is 1. The van der Waals surface area contributed by atoms with E-state index in [0.29, 0.717) is 26.2 Å². The number of nitrogens with one attached hydrogen (secondary N) is 1. The van der Waals surface area contributed by atoms with Crippen molar-refractivity contribution in [1.82, 2.24) is 9.21 Å². The highest BCUT2D eigenvalue weighted by atomic mass is 32.2. The minimum Gasteiger partial charge on any atom is -0.340 e. The monoisotopic (exact) mass is 389 g/mol. The van der Waals surface area contributed by atoms with Crippen molar-refractivity contribution in [2.75, 3.05) is 37.8 Å². The van der Waals surface area contributed by atoms with Crippen LogP contribution in [0.25, 0.3) is 10.8 Å². The molecular formula is C19H23N3O4S. The number of hydrogen-bond acceptors (Lipinski definition) is 4. The van der Waals surface area contributed by atoms with E-state index in [-0.39, 0.29) is 24.7 Å². The number of amides is 2. The fourth-order valence-electron chi connectivity index (χ4n) is 3.19. The predicted octanol–water partition coefficient (Wildman–Crippen LogP) is 1.66. The molecule has 0 unspecified atom stereocenters. The Hall–Kier alpha value is -2.45. The zero-order valence-electron chi connectivity index (χ0n) is 15.2. The van der Waals surface area contributed by atoms with Gasteiger partial charge in [-0.25, -0.2) is 8.42 Å². The second kappa shape index (κ2) is 8.06. The summed E-state index contributed by atoms with van der Waals surface area (Å²) < 4.78 is 24.4. The van der Waals surface area contributed by atoms with Gasteiger partial charge in [0.25, 0.3) is 0 Å². The molecule has 1 aliphatic rings. The maximum absolute atomic E-state index is 12.3. The number of benzene rings is 2. The van der Waals surface area contributed by atoms with Gasteiger partial charge in [-0.05, 0) is 11.5 Å². The maximum atomic E-state index is 12.3. The van der Waals surface area contributed by atoms with E-state index in [1.54, 1.807) is 4.90 Å². The van der Waals surface area contributed by atoms with Gasteiger partial charge in [0, 0.05) is 50.1 Å². The highest BCUT2D eigenvalue weighted by Crippen LogP contribution is 2.23. The smallest absolute Gasteiger partial charge is 0.224 e. The summed E-state index contributed by atoms with van der Waals surface area (Å²) in [5.74, 6) is -0.342. The number of fused-ring (bicyclic) bond motifs is 1. The Morgan fingerprint density at radius 2 is 1.63 bits per heavy atom. The van der Waals surface area contributed by atoms with E-state index in [1.165, 1.54) is 10.6 Å². The van der Waals surface area contributed by atoms with Crippen molar-refractivity contribution in [3.05, 3.63) is 42.5 Å². The summed E-state index contributed by atoms with van der Waals surface area (Å²) in [6.45, 7) is 1.31. The molecule has 144 valence electrons. The van der Waals surface area contributed by atoms with Crippen LogP contribution in [0.5, 0.6) is 0 Å². The highest BCUT2D eigenvalue weighted by Gasteiger charge is 2.26. The minimum absolute atomic E-state index is 0.0916. The fourth-order valence-corrected chi connectivity index (χ4v) is 4.02. The van der Waals surface area contributed by atoms with Gasteiger partial charge in [0.1, 0.15) is 0 Å². The van der Waals surface area contributed by atoms with E-state index in [4.69, 9.17) is 0 Å². The van der Waals surface area contributed by atoms with Gasteiger partial charge in [0.15, 0.2) is 0 Å². The third-order valence-corrected chi connectivity index (χ3v) is 5.99. The van der Waals surface area contributed by atoms with Crippen LogP contribution in [-0.2, 0) is 19.6 Å². The number of carbonyl (C=O) groups is 2. The van der Waals surface area contributed by atoms with Crippen LogP contribution < -0.4 is 5.32 Å². The van der Waals surface area contributed by atoms with Gasteiger partial charge in [-0.1, -0.05) is 36.4 Å². The first-order valence-corrected chi connectivity index (χ1v) is 10.7. The van der Waals surface area contributed by atoms with Crippen LogP contribution in [0.3, 0.4) is 0 Å². The molecule has 2 aromatic carbocycles. The third kappa shape index (κ3) is 4.84. The van der Waals surface area contributed by atoms with Gasteiger partial charge in [0.05, 0.1) is 6.26 Å². The van der Waals surface area contributed by atoms with Crippen molar-refractivity contribution in [2.24, 2.45) is 0 Å². The summed E-state index contributed by atoms with van der Waals surface area (Å²) in [7, 11) is -3.22. The number of carbonyl (C=O) groups excluding carboxylic acids is 2. The Morgan fingerprint density at radius 3 is 2.33 bits per heavy atom. The molecule has 27 heavy (non-hydrogen) atoms. The standard InChI is InChI=1S/C19H23N3O4S/c1-27(25,26)22-13-11-21(12-14-22)19(24)10-9-18(23)20-17-8-4-6-15-5-2-3-7-16(15)17/h2-8H,9-14H2,1H3,(H,20,23). The average molecular weight is 389 g/mol. The molecule has 0 atom stereocenters. The van der Waals surface area contributed by atoms with E-state index in [9.17, 15) is 18.0 Å². The van der Waals surface area contributed by atoms with Gasteiger partial charge in [0.2, 0.25) is 21.8 Å². The van der Waals surface area contributed by atoms with E-state index in [1.807, 2.05) is 42.5 Å². The molecule has 0 aliphatic carbocycles. The van der Waals surface area contributed by atoms with Crippen LogP contribution >= 0.6 is 0 Å². The zero-order chi connectivity index (χ0) is 19.4. The summed E-state index contributed by atoms with van der Waals surface area (Å²) >= 11 is 0. The van der Waals surface area contributed by atoms with Gasteiger partial charge in [-0.15, -0.1) is 0 Å². The molecule has 1 N–H and O–H groups in total. The molecule has 0 aromatic heterocycles. The number of rotatable bonds is 5. The van der Waals surface area contributed by atoms with Crippen LogP contribution in [0.4, 0.5) is 5.69 Å². The first kappa shape index (κ1) is 19.3. The highest BCUT2D eigenvalue weighted by molar-refractivity contribution is 7.88. The number of piperazine rings is 1. The lowest BCUT2D eigenvalue weighted by molar-refractivity contribution is -0.133. The average Bonchev–Trinajstić information content (AvgIpc) is 2.66. The maximum Gasteiger partial charge on any atom is 0.224 e. The Morgan fingerprint density at radius 1 is 0.963 bits per heavy atom. The first-order valence-electron chi connectivity index (χ1n) is 8.85. The van der Waals surface area contributed by atoms with Crippen molar-refractivity contribution in [3.63, 3.8) is 0 Å². The molecule has 8 heteroatoms. The van der Waals surface area contributed by atoms with Crippen molar-refractivity contribution in [1.29, 1.82) is 0 Å². The molecule has 1 saturated heterocycles. The second-order valence-corrected chi connectivity index (χ2v) is 8.60. The van der Waals surface area contributed by atoms with Crippen molar-refractivity contribution < 1.29 is 18.0 Å². The summed E-state index contributed by atoms with van der Waals surface area (Å²) in [4.78, 5) is 26.2. The number of nitrogens with zero attached hydrogens (tertiary/aromatic N) is 2. The Kier molecular flexibility index (Phi) is 5.76. The van der Waals surface area contributed by atoms with Gasteiger partial charge in [-0.3, -0.25) is 9.59 Å². The lowest BCUT2D eigenvalue weighted by Gasteiger charge is -2.33. The lowest BCUT2D eigenvalue weighted by atomic mass is 10.1. The summed E-state index contributed by atoms with van der Waals surface area (Å²) in [6, 6.07) is 13.5. The lowest BCUT2D eigenvalue weighted by Crippen LogP contribution is -2.50. The summed E-state index contributed by atoms with van der Waals surface area (Å²) in [6.07, 6.45) is 1.37. The molecule has 2 amide bonds. The van der Waals surface area contributed by atoms with E-state index in [2.05, 4.69) is 5.32 Å². The molecule has 0 bridgehead atoms. The van der Waals surface area contributed by atoms with Crippen LogP contribution in [0, 0.1) is 0 Å². The van der Waals surface area contributed by atoms with Crippen molar-refractivity contribution in [2.45, 2.75) is 12.8 Å². The largest absolute Gasteiger partial charge is 0.340 e. The van der Waals surface area contributed by atoms with Gasteiger partial charge < -0.3 is 10.2 Å². The normalized spacial score (nSPS) is 15.7. The predicted molar refractivity (Wildman–Crippen MR) is 105 cm³/mol. The molecule has 2 aromatic rings. The fraction of sp³-hybridized carbons (Fsp3) is 0.368. The third-order valence-electron chi connectivity index (χ3n) is 4.69. The van der Waals surface area contributed by atoms with Crippen molar-refractivity contribution in [3.8, 4) is 0 Å². The Balaban J connectivity index is 1.51. The molecule has 0 radical (unpaired) electrons. The topological polar surface area (TPSA) is 86.8 Å². The van der Waals surface area contributed by atoms with Gasteiger partial charge >= 0.3 is 0 Å². The van der Waals surface area contributed by atoms with Crippen LogP contribution in [0.1, 0.15) is 12.8 Å². The summed E-state index contributed by atoms with van der Waals surface area (Å²) in [5, 5.41) is 4.87. The van der Waals surface area contributed by atoms with E-state index < -0.39 is 10.0 Å². The quantitative estimate of drug-likeness (QED) is 0.843. The van der Waals surface area contributed by atoms with Crippen molar-refractivity contribution >= 4 is 38.3 Å². The molecule has 0 spiro atoms. The molecule has 1 heterocycles. The van der Waals surface area contributed by atoms with Crippen LogP contribution in [-0.4, -0.2) is 61.9 Å². The van der Waals surface area contributed by atoms with Crippen LogP contribution in [0.2, 0.25) is 0 Å². The summed E-state index contributed by atoms with van der Waals surface area (Å²) in [5.41, 5.74) is 0.729. The van der Waals surface area contributed by atoms with Gasteiger partial charge in [-0.2, -0.15) is 4.31 Å². The second-order valence-electron chi connectivity index (χ2n) is 6.62. The zero-order valence-corrected chi connectivity index (χ0v) is 16.0. The number of hydrogen-bond donors (Lipinski definition) is 1.